The molecule has 12 nitrogen and oxygen atoms in total. The summed E-state index contributed by atoms with van der Waals surface area (Å²) < 4.78 is 28.5. The van der Waals surface area contributed by atoms with Crippen molar-refractivity contribution in [3.8, 4) is 51.3 Å². The minimum atomic E-state index is -3.18. The SMILES string of the molecule is N.O=[SH](=O)Oc1cccc2c3nc4nc(nc5[nH]c(nc6nc(nc([nH]3)c12)-c1ccccc1-6)c1ccccc51)-c1ccccc1-4. The highest BCUT2D eigenvalue weighted by Gasteiger charge is 2.22. The molecule has 9 rings (SSSR count). The van der Waals surface area contributed by atoms with Crippen LogP contribution in [-0.4, -0.2) is 48.3 Å². The van der Waals surface area contributed by atoms with Crippen molar-refractivity contribution in [2.75, 3.05) is 0 Å². The number of benzene rings is 4. The number of aromatic nitrogens is 8. The zero-order valence-electron chi connectivity index (χ0n) is 23.2. The van der Waals surface area contributed by atoms with Gasteiger partial charge in [-0.3, -0.25) is 0 Å². The lowest BCUT2D eigenvalue weighted by molar-refractivity contribution is 0.513. The number of aromatic amines is 2. The second kappa shape index (κ2) is 10.0. The van der Waals surface area contributed by atoms with Gasteiger partial charge in [0.1, 0.15) is 22.6 Å². The maximum Gasteiger partial charge on any atom is 0.299 e. The average Bonchev–Trinajstić information content (AvgIpc) is 3.77. The van der Waals surface area contributed by atoms with Gasteiger partial charge in [0.25, 0.3) is 11.0 Å². The number of rotatable bonds is 2. The van der Waals surface area contributed by atoms with Gasteiger partial charge in [0.15, 0.2) is 29.0 Å². The molecule has 2 aliphatic heterocycles. The van der Waals surface area contributed by atoms with Crippen molar-refractivity contribution in [2.24, 2.45) is 0 Å². The minimum absolute atomic E-state index is 0. The standard InChI is InChI=1S/C32H18N8O3S.H3N/c41-44(42)43-23-15-7-14-22-24(23)32-39-30-21-13-6-5-12-20(21)28(37-30)35-26-17-9-2-1-8-16(17)25(33-26)34-27-18-10-3-4-11-19(18)29(36-27)38-31(22)40-32;/h1-15,44H,(H2,33,34,35,36,37,38,39,40);1H3. The number of H-pyrrole nitrogens is 2. The van der Waals surface area contributed by atoms with Crippen molar-refractivity contribution in [1.29, 1.82) is 0 Å². The summed E-state index contributed by atoms with van der Waals surface area (Å²) in [6.07, 6.45) is 0. The molecule has 13 heteroatoms. The molecular weight excluding hydrogens is 590 g/mol. The quantitative estimate of drug-likeness (QED) is 0.170. The molecule has 0 unspecified atom stereocenters. The molecule has 3 aromatic heterocycles. The molecule has 2 aliphatic rings. The fraction of sp³-hybridized carbons (Fsp3) is 0. The van der Waals surface area contributed by atoms with E-state index in [0.29, 0.717) is 56.7 Å². The lowest BCUT2D eigenvalue weighted by atomic mass is 10.1. The topological polar surface area (TPSA) is 187 Å². The van der Waals surface area contributed by atoms with Crippen molar-refractivity contribution in [3.05, 3.63) is 91.0 Å². The van der Waals surface area contributed by atoms with Gasteiger partial charge in [0, 0.05) is 38.4 Å². The normalized spacial score (nSPS) is 11.8. The first-order valence-electron chi connectivity index (χ1n) is 13.7. The third kappa shape index (κ3) is 4.13. The highest BCUT2D eigenvalue weighted by molar-refractivity contribution is 7.67. The molecule has 0 saturated carbocycles. The van der Waals surface area contributed by atoms with Crippen LogP contribution in [0.2, 0.25) is 0 Å². The van der Waals surface area contributed by atoms with E-state index in [1.807, 2.05) is 78.9 Å². The Hall–Kier alpha value is -6.05. The first kappa shape index (κ1) is 26.6. The second-order valence-electron chi connectivity index (χ2n) is 10.2. The first-order chi connectivity index (χ1) is 21.6. The summed E-state index contributed by atoms with van der Waals surface area (Å²) in [5.74, 6) is 1.95. The summed E-state index contributed by atoms with van der Waals surface area (Å²) in [6.45, 7) is 0. The minimum Gasteiger partial charge on any atom is -0.383 e. The van der Waals surface area contributed by atoms with Gasteiger partial charge in [-0.15, -0.1) is 0 Å². The lowest BCUT2D eigenvalue weighted by Crippen LogP contribution is -1.90. The molecular formula is C32H21N9O3S. The van der Waals surface area contributed by atoms with Gasteiger partial charge in [-0.1, -0.05) is 84.9 Å². The Balaban J connectivity index is 0.00000300. The van der Waals surface area contributed by atoms with Crippen molar-refractivity contribution < 1.29 is 12.6 Å². The van der Waals surface area contributed by atoms with Crippen LogP contribution >= 0.6 is 0 Å². The Kier molecular flexibility index (Phi) is 5.91. The maximum atomic E-state index is 11.7. The molecule has 0 spiro atoms. The van der Waals surface area contributed by atoms with Gasteiger partial charge >= 0.3 is 0 Å². The van der Waals surface area contributed by atoms with Crippen molar-refractivity contribution in [2.45, 2.75) is 0 Å². The predicted molar refractivity (Wildman–Crippen MR) is 172 cm³/mol. The summed E-state index contributed by atoms with van der Waals surface area (Å²) in [5.41, 5.74) is 5.20. The van der Waals surface area contributed by atoms with Gasteiger partial charge in [-0.05, 0) is 6.07 Å². The number of hydrogen-bond acceptors (Lipinski definition) is 10. The molecule has 8 bridgehead atoms. The third-order valence-corrected chi connectivity index (χ3v) is 8.06. The van der Waals surface area contributed by atoms with Crippen LogP contribution in [0.15, 0.2) is 91.0 Å². The van der Waals surface area contributed by atoms with Crippen LogP contribution in [0.25, 0.3) is 89.7 Å². The van der Waals surface area contributed by atoms with E-state index in [1.54, 1.807) is 12.1 Å². The molecule has 0 fully saturated rings. The molecule has 5 N–H and O–H groups in total. The van der Waals surface area contributed by atoms with E-state index < -0.39 is 11.0 Å². The summed E-state index contributed by atoms with van der Waals surface area (Å²) in [7, 11) is -3.18. The van der Waals surface area contributed by atoms with E-state index in [9.17, 15) is 8.42 Å². The van der Waals surface area contributed by atoms with Gasteiger partial charge in [0.05, 0.1) is 5.39 Å². The number of nitrogens with zero attached hydrogens (tertiary/aromatic N) is 6. The number of hydrogen-bond donors (Lipinski definition) is 4. The molecule has 0 atom stereocenters. The Morgan fingerprint density at radius 3 is 1.36 bits per heavy atom. The van der Waals surface area contributed by atoms with Crippen LogP contribution in [0.5, 0.6) is 5.75 Å². The number of nitrogens with one attached hydrogen (secondary N) is 2. The van der Waals surface area contributed by atoms with E-state index in [1.165, 1.54) is 0 Å². The summed E-state index contributed by atoms with van der Waals surface area (Å²) >= 11 is 0. The smallest absolute Gasteiger partial charge is 0.299 e. The molecule has 5 heterocycles. The Labute approximate surface area is 255 Å². The summed E-state index contributed by atoms with van der Waals surface area (Å²) in [6, 6.07) is 28.4. The predicted octanol–water partition coefficient (Wildman–Crippen LogP) is 5.94. The second-order valence-corrected chi connectivity index (χ2v) is 10.9. The molecule has 45 heavy (non-hydrogen) atoms. The Bertz CT molecular complexity index is 2600. The fourth-order valence-electron chi connectivity index (χ4n) is 5.81. The van der Waals surface area contributed by atoms with Gasteiger partial charge in [-0.2, -0.15) is 8.42 Å². The molecule has 0 radical (unpaired) electrons. The molecule has 0 saturated heterocycles. The van der Waals surface area contributed by atoms with E-state index in [4.69, 9.17) is 34.1 Å². The zero-order chi connectivity index (χ0) is 29.4. The summed E-state index contributed by atoms with van der Waals surface area (Å²) in [4.78, 5) is 36.1. The number of thiol groups is 1. The molecule has 4 aromatic carbocycles. The Morgan fingerprint density at radius 1 is 0.467 bits per heavy atom. The van der Waals surface area contributed by atoms with Crippen molar-refractivity contribution >= 4 is 55.1 Å². The van der Waals surface area contributed by atoms with Gasteiger partial charge < -0.3 is 20.3 Å². The summed E-state index contributed by atoms with van der Waals surface area (Å²) in [5, 5.41) is 2.83. The van der Waals surface area contributed by atoms with E-state index in [-0.39, 0.29) is 11.9 Å². The molecule has 0 amide bonds. The van der Waals surface area contributed by atoms with Gasteiger partial charge in [-0.25, -0.2) is 29.9 Å². The maximum absolute atomic E-state index is 11.7. The van der Waals surface area contributed by atoms with Crippen molar-refractivity contribution in [1.82, 2.24) is 46.0 Å². The molecule has 7 aromatic rings. The molecule has 0 aliphatic carbocycles. The van der Waals surface area contributed by atoms with E-state index in [0.717, 1.165) is 33.0 Å². The lowest BCUT2D eigenvalue weighted by Gasteiger charge is -2.00. The van der Waals surface area contributed by atoms with Crippen LogP contribution in [0.1, 0.15) is 0 Å². The monoisotopic (exact) mass is 611 g/mol. The Morgan fingerprint density at radius 2 is 0.867 bits per heavy atom. The van der Waals surface area contributed by atoms with Crippen LogP contribution < -0.4 is 10.3 Å². The highest BCUT2D eigenvalue weighted by atomic mass is 32.2. The third-order valence-electron chi connectivity index (χ3n) is 7.71. The van der Waals surface area contributed by atoms with Crippen LogP contribution in [0.4, 0.5) is 0 Å². The fourth-order valence-corrected chi connectivity index (χ4v) is 6.13. The average molecular weight is 612 g/mol. The van der Waals surface area contributed by atoms with Crippen LogP contribution in [0, 0.1) is 0 Å². The van der Waals surface area contributed by atoms with E-state index >= 15 is 0 Å². The zero-order valence-corrected chi connectivity index (χ0v) is 24.1. The van der Waals surface area contributed by atoms with Gasteiger partial charge in [0.2, 0.25) is 0 Å². The number of fused-ring (bicyclic) bond motifs is 20. The first-order valence-corrected chi connectivity index (χ1v) is 14.8. The van der Waals surface area contributed by atoms with Crippen LogP contribution in [0.3, 0.4) is 0 Å². The van der Waals surface area contributed by atoms with E-state index in [2.05, 4.69) is 9.97 Å². The van der Waals surface area contributed by atoms with Crippen LogP contribution in [-0.2, 0) is 11.0 Å². The largest absolute Gasteiger partial charge is 0.383 e. The van der Waals surface area contributed by atoms with Crippen molar-refractivity contribution in [3.63, 3.8) is 0 Å². The molecule has 218 valence electrons. The highest BCUT2D eigenvalue weighted by Crippen LogP contribution is 2.38.